The molecule has 0 spiro atoms. The van der Waals surface area contributed by atoms with Crippen molar-refractivity contribution < 1.29 is 9.84 Å². The Kier molecular flexibility index (Phi) is 4.99. The van der Waals surface area contributed by atoms with Gasteiger partial charge in [0.25, 0.3) is 0 Å². The minimum absolute atomic E-state index is 0.00722. The van der Waals surface area contributed by atoms with Crippen LogP contribution in [0.5, 0.6) is 0 Å². The zero-order valence-electron chi connectivity index (χ0n) is 9.91. The molecule has 1 fully saturated rings. The van der Waals surface area contributed by atoms with E-state index in [1.165, 1.54) is 0 Å². The number of hydrogen-bond donors (Lipinski definition) is 2. The Hall–Kier alpha value is -0.160. The summed E-state index contributed by atoms with van der Waals surface area (Å²) in [4.78, 5) is 2.41. The van der Waals surface area contributed by atoms with Crippen LogP contribution in [0.25, 0.3) is 0 Å². The van der Waals surface area contributed by atoms with Gasteiger partial charge in [-0.15, -0.1) is 0 Å². The molecule has 0 radical (unpaired) electrons. The SMILES string of the molecule is CC[C@](C)([C@@H](CN)CO)N1CCOCC1. The van der Waals surface area contributed by atoms with Gasteiger partial charge >= 0.3 is 0 Å². The first-order valence-electron chi connectivity index (χ1n) is 5.82. The monoisotopic (exact) mass is 216 g/mol. The topological polar surface area (TPSA) is 58.7 Å². The predicted molar refractivity (Wildman–Crippen MR) is 60.7 cm³/mol. The molecular formula is C11H24N2O2. The summed E-state index contributed by atoms with van der Waals surface area (Å²) in [6, 6.07) is 0. The molecule has 2 atom stereocenters. The van der Waals surface area contributed by atoms with Crippen molar-refractivity contribution in [2.45, 2.75) is 25.8 Å². The van der Waals surface area contributed by atoms with E-state index in [1.54, 1.807) is 0 Å². The molecule has 0 aromatic heterocycles. The van der Waals surface area contributed by atoms with Gasteiger partial charge in [0.15, 0.2) is 0 Å². The van der Waals surface area contributed by atoms with Crippen LogP contribution in [0, 0.1) is 5.92 Å². The summed E-state index contributed by atoms with van der Waals surface area (Å²) < 4.78 is 5.35. The average molecular weight is 216 g/mol. The number of rotatable bonds is 5. The first-order chi connectivity index (χ1) is 7.19. The Morgan fingerprint density at radius 1 is 1.47 bits per heavy atom. The summed E-state index contributed by atoms with van der Waals surface area (Å²) in [5.74, 6) is 0.153. The van der Waals surface area contributed by atoms with Gasteiger partial charge in [-0.1, -0.05) is 6.92 Å². The molecular weight excluding hydrogens is 192 g/mol. The van der Waals surface area contributed by atoms with E-state index in [1.807, 2.05) is 0 Å². The zero-order valence-corrected chi connectivity index (χ0v) is 9.91. The van der Waals surface area contributed by atoms with Crippen LogP contribution in [0.1, 0.15) is 20.3 Å². The third-order valence-electron chi connectivity index (χ3n) is 3.83. The fourth-order valence-corrected chi connectivity index (χ4v) is 2.37. The van der Waals surface area contributed by atoms with Gasteiger partial charge in [-0.2, -0.15) is 0 Å². The minimum Gasteiger partial charge on any atom is -0.396 e. The van der Waals surface area contributed by atoms with Gasteiger partial charge in [-0.3, -0.25) is 4.90 Å². The van der Waals surface area contributed by atoms with Crippen molar-refractivity contribution in [2.24, 2.45) is 11.7 Å². The van der Waals surface area contributed by atoms with Crippen molar-refractivity contribution in [1.82, 2.24) is 4.90 Å². The van der Waals surface area contributed by atoms with Crippen LogP contribution >= 0.6 is 0 Å². The molecule has 0 saturated carbocycles. The normalized spacial score (nSPS) is 24.8. The maximum atomic E-state index is 9.39. The molecule has 0 aromatic carbocycles. The average Bonchev–Trinajstić information content (AvgIpc) is 2.31. The van der Waals surface area contributed by atoms with Gasteiger partial charge in [0.1, 0.15) is 0 Å². The summed E-state index contributed by atoms with van der Waals surface area (Å²) >= 11 is 0. The lowest BCUT2D eigenvalue weighted by Crippen LogP contribution is -2.57. The van der Waals surface area contributed by atoms with E-state index in [0.717, 1.165) is 32.7 Å². The Morgan fingerprint density at radius 2 is 2.07 bits per heavy atom. The van der Waals surface area contributed by atoms with Crippen LogP contribution < -0.4 is 5.73 Å². The summed E-state index contributed by atoms with van der Waals surface area (Å²) in [5.41, 5.74) is 5.74. The van der Waals surface area contributed by atoms with Gasteiger partial charge in [-0.25, -0.2) is 0 Å². The molecule has 0 bridgehead atoms. The second-order valence-electron chi connectivity index (χ2n) is 4.43. The van der Waals surface area contributed by atoms with Crippen molar-refractivity contribution >= 4 is 0 Å². The molecule has 0 amide bonds. The quantitative estimate of drug-likeness (QED) is 0.682. The standard InChI is InChI=1S/C11H24N2O2/c1-3-11(2,10(8-12)9-14)13-4-6-15-7-5-13/h10,14H,3-9,12H2,1-2H3/t10-,11+/m0/s1. The summed E-state index contributed by atoms with van der Waals surface area (Å²) in [5, 5.41) is 9.39. The first kappa shape index (κ1) is 12.9. The van der Waals surface area contributed by atoms with Crippen molar-refractivity contribution in [1.29, 1.82) is 0 Å². The van der Waals surface area contributed by atoms with Gasteiger partial charge < -0.3 is 15.6 Å². The van der Waals surface area contributed by atoms with Crippen molar-refractivity contribution in [2.75, 3.05) is 39.5 Å². The molecule has 0 aliphatic carbocycles. The molecule has 4 nitrogen and oxygen atoms in total. The summed E-state index contributed by atoms with van der Waals surface area (Å²) in [6.45, 7) is 8.54. The molecule has 3 N–H and O–H groups in total. The fraction of sp³-hybridized carbons (Fsp3) is 1.00. The maximum Gasteiger partial charge on any atom is 0.0594 e. The number of ether oxygens (including phenoxy) is 1. The van der Waals surface area contributed by atoms with E-state index < -0.39 is 0 Å². The van der Waals surface area contributed by atoms with Crippen LogP contribution in [0.3, 0.4) is 0 Å². The summed E-state index contributed by atoms with van der Waals surface area (Å²) in [6.07, 6.45) is 1.01. The highest BCUT2D eigenvalue weighted by atomic mass is 16.5. The van der Waals surface area contributed by atoms with E-state index in [2.05, 4.69) is 18.7 Å². The van der Waals surface area contributed by atoms with Crippen molar-refractivity contribution in [3.8, 4) is 0 Å². The fourth-order valence-electron chi connectivity index (χ4n) is 2.37. The number of morpholine rings is 1. The van der Waals surface area contributed by atoms with E-state index in [4.69, 9.17) is 10.5 Å². The molecule has 90 valence electrons. The van der Waals surface area contributed by atoms with Crippen LogP contribution in [0.4, 0.5) is 0 Å². The Labute approximate surface area is 92.4 Å². The Balaban J connectivity index is 2.71. The van der Waals surface area contributed by atoms with Crippen LogP contribution in [0.2, 0.25) is 0 Å². The lowest BCUT2D eigenvalue weighted by molar-refractivity contribution is -0.0494. The molecule has 1 heterocycles. The minimum atomic E-state index is 0.00722. The van der Waals surface area contributed by atoms with Gasteiger partial charge in [0.2, 0.25) is 0 Å². The largest absolute Gasteiger partial charge is 0.396 e. The lowest BCUT2D eigenvalue weighted by Gasteiger charge is -2.47. The smallest absolute Gasteiger partial charge is 0.0594 e. The number of nitrogens with two attached hydrogens (primary N) is 1. The van der Waals surface area contributed by atoms with Crippen molar-refractivity contribution in [3.05, 3.63) is 0 Å². The maximum absolute atomic E-state index is 9.39. The summed E-state index contributed by atoms with van der Waals surface area (Å²) in [7, 11) is 0. The second kappa shape index (κ2) is 5.80. The number of nitrogens with zero attached hydrogens (tertiary/aromatic N) is 1. The zero-order chi connectivity index (χ0) is 11.3. The highest BCUT2D eigenvalue weighted by Crippen LogP contribution is 2.28. The Bertz CT molecular complexity index is 179. The molecule has 0 aromatic rings. The molecule has 1 aliphatic rings. The highest BCUT2D eigenvalue weighted by Gasteiger charge is 2.37. The number of hydrogen-bond acceptors (Lipinski definition) is 4. The van der Waals surface area contributed by atoms with Gasteiger partial charge in [0.05, 0.1) is 13.2 Å². The van der Waals surface area contributed by atoms with E-state index in [-0.39, 0.29) is 18.1 Å². The van der Waals surface area contributed by atoms with E-state index in [9.17, 15) is 5.11 Å². The molecule has 1 aliphatic heterocycles. The van der Waals surface area contributed by atoms with Gasteiger partial charge in [0, 0.05) is 31.2 Å². The lowest BCUT2D eigenvalue weighted by atomic mass is 9.81. The van der Waals surface area contributed by atoms with E-state index in [0.29, 0.717) is 6.54 Å². The van der Waals surface area contributed by atoms with Crippen LogP contribution in [0.15, 0.2) is 0 Å². The molecule has 4 heteroatoms. The molecule has 1 rings (SSSR count). The molecule has 0 unspecified atom stereocenters. The number of aliphatic hydroxyl groups is 1. The highest BCUT2D eigenvalue weighted by molar-refractivity contribution is 4.92. The Morgan fingerprint density at radius 3 is 2.47 bits per heavy atom. The molecule has 1 saturated heterocycles. The van der Waals surface area contributed by atoms with Crippen LogP contribution in [-0.4, -0.2) is 55.0 Å². The second-order valence-corrected chi connectivity index (χ2v) is 4.43. The number of aliphatic hydroxyl groups excluding tert-OH is 1. The third kappa shape index (κ3) is 2.69. The first-order valence-corrected chi connectivity index (χ1v) is 5.82. The molecule has 15 heavy (non-hydrogen) atoms. The van der Waals surface area contributed by atoms with Crippen molar-refractivity contribution in [3.63, 3.8) is 0 Å². The third-order valence-corrected chi connectivity index (χ3v) is 3.83. The predicted octanol–water partition coefficient (Wildman–Crippen LogP) is 0.0545. The van der Waals surface area contributed by atoms with Crippen LogP contribution in [-0.2, 0) is 4.74 Å². The van der Waals surface area contributed by atoms with E-state index >= 15 is 0 Å². The van der Waals surface area contributed by atoms with Gasteiger partial charge in [-0.05, 0) is 19.9 Å².